The number of nitro groups is 1. The number of sulfonamides is 1. The van der Waals surface area contributed by atoms with E-state index in [4.69, 9.17) is 0 Å². The van der Waals surface area contributed by atoms with Gasteiger partial charge in [-0.1, -0.05) is 24.3 Å². The number of para-hydroxylation sites is 1. The topological polar surface area (TPSA) is 101 Å². The number of carbonyl (C=O) groups is 1. The molecule has 0 aliphatic carbocycles. The van der Waals surface area contributed by atoms with Crippen molar-refractivity contribution in [3.05, 3.63) is 63.7 Å². The highest BCUT2D eigenvalue weighted by Gasteiger charge is 2.24. The van der Waals surface area contributed by atoms with Gasteiger partial charge in [0.15, 0.2) is 0 Å². The molecule has 8 nitrogen and oxygen atoms in total. The molecule has 0 atom stereocenters. The van der Waals surface area contributed by atoms with Crippen LogP contribution in [0.1, 0.15) is 30.4 Å². The van der Waals surface area contributed by atoms with Gasteiger partial charge in [0.1, 0.15) is 0 Å². The van der Waals surface area contributed by atoms with Crippen LogP contribution in [0.5, 0.6) is 0 Å². The summed E-state index contributed by atoms with van der Waals surface area (Å²) in [6, 6.07) is 11.9. The maximum absolute atomic E-state index is 12.8. The Morgan fingerprint density at radius 1 is 1.23 bits per heavy atom. The maximum Gasteiger partial charge on any atom is 0.271 e. The molecule has 160 valence electrons. The molecule has 1 amide bonds. The molecular weight excluding hydrogens is 406 g/mol. The number of benzene rings is 2. The van der Waals surface area contributed by atoms with E-state index in [1.165, 1.54) is 18.2 Å². The summed E-state index contributed by atoms with van der Waals surface area (Å²) in [5, 5.41) is 11.1. The van der Waals surface area contributed by atoms with Crippen molar-refractivity contribution in [2.24, 2.45) is 0 Å². The van der Waals surface area contributed by atoms with Gasteiger partial charge in [-0.05, 0) is 43.4 Å². The van der Waals surface area contributed by atoms with Crippen LogP contribution < -0.4 is 9.21 Å². The fraction of sp³-hybridized carbons (Fsp3) is 0.381. The number of fused-ring (bicyclic) bond motifs is 1. The second kappa shape index (κ2) is 8.83. The molecule has 0 N–H and O–H groups in total. The highest BCUT2D eigenvalue weighted by molar-refractivity contribution is 7.92. The lowest BCUT2D eigenvalue weighted by Crippen LogP contribution is -2.36. The van der Waals surface area contributed by atoms with Crippen LogP contribution in [0, 0.1) is 17.0 Å². The third kappa shape index (κ3) is 4.79. The number of nitrogens with zero attached hydrogens (tertiary/aromatic N) is 3. The number of non-ortho nitro benzene ring substituents is 1. The van der Waals surface area contributed by atoms with E-state index in [9.17, 15) is 23.3 Å². The summed E-state index contributed by atoms with van der Waals surface area (Å²) in [5.41, 5.74) is 2.76. The van der Waals surface area contributed by atoms with Crippen molar-refractivity contribution < 1.29 is 18.1 Å². The smallest absolute Gasteiger partial charge is 0.271 e. The molecule has 9 heteroatoms. The van der Waals surface area contributed by atoms with E-state index in [1.807, 2.05) is 24.3 Å². The van der Waals surface area contributed by atoms with E-state index in [0.29, 0.717) is 18.5 Å². The molecule has 0 fully saturated rings. The van der Waals surface area contributed by atoms with Crippen molar-refractivity contribution in [1.82, 2.24) is 0 Å². The second-order valence-electron chi connectivity index (χ2n) is 7.44. The van der Waals surface area contributed by atoms with Crippen molar-refractivity contribution in [2.45, 2.75) is 32.6 Å². The van der Waals surface area contributed by atoms with Gasteiger partial charge < -0.3 is 4.90 Å². The summed E-state index contributed by atoms with van der Waals surface area (Å²) >= 11 is 0. The number of rotatable bonds is 7. The molecule has 0 radical (unpaired) electrons. The molecule has 0 bridgehead atoms. The van der Waals surface area contributed by atoms with Gasteiger partial charge in [0.05, 0.1) is 16.9 Å². The second-order valence-corrected chi connectivity index (χ2v) is 9.35. The van der Waals surface area contributed by atoms with E-state index in [-0.39, 0.29) is 30.2 Å². The quantitative estimate of drug-likeness (QED) is 0.494. The number of amides is 1. The van der Waals surface area contributed by atoms with Crippen LogP contribution in [0.2, 0.25) is 0 Å². The molecule has 0 saturated heterocycles. The highest BCUT2D eigenvalue weighted by atomic mass is 32.2. The highest BCUT2D eigenvalue weighted by Crippen LogP contribution is 2.29. The Morgan fingerprint density at radius 3 is 2.67 bits per heavy atom. The van der Waals surface area contributed by atoms with Gasteiger partial charge in [-0.25, -0.2) is 8.42 Å². The average molecular weight is 432 g/mol. The van der Waals surface area contributed by atoms with Crippen LogP contribution in [0.25, 0.3) is 0 Å². The fourth-order valence-electron chi connectivity index (χ4n) is 3.75. The van der Waals surface area contributed by atoms with Gasteiger partial charge in [-0.3, -0.25) is 19.2 Å². The number of hydrogen-bond donors (Lipinski definition) is 0. The SMILES string of the molecule is Cc1ccc([N+](=O)[O-])cc1N(CCCC(=O)N1CCCc2ccccc21)S(C)(=O)=O. The largest absolute Gasteiger partial charge is 0.312 e. The lowest BCUT2D eigenvalue weighted by atomic mass is 10.0. The molecule has 30 heavy (non-hydrogen) atoms. The minimum absolute atomic E-state index is 0.0497. The predicted octanol–water partition coefficient (Wildman–Crippen LogP) is 3.43. The van der Waals surface area contributed by atoms with E-state index >= 15 is 0 Å². The first kappa shape index (κ1) is 21.8. The van der Waals surface area contributed by atoms with E-state index in [1.54, 1.807) is 11.8 Å². The fourth-order valence-corrected chi connectivity index (χ4v) is 4.76. The van der Waals surface area contributed by atoms with Crippen molar-refractivity contribution in [3.8, 4) is 0 Å². The van der Waals surface area contributed by atoms with Gasteiger partial charge in [0, 0.05) is 37.3 Å². The predicted molar refractivity (Wildman–Crippen MR) is 116 cm³/mol. The first-order valence-electron chi connectivity index (χ1n) is 9.79. The molecule has 3 rings (SSSR count). The normalized spacial score (nSPS) is 13.6. The summed E-state index contributed by atoms with van der Waals surface area (Å²) in [7, 11) is -3.67. The Labute approximate surface area is 176 Å². The minimum atomic E-state index is -3.67. The zero-order chi connectivity index (χ0) is 21.9. The Balaban J connectivity index is 1.74. The average Bonchev–Trinajstić information content (AvgIpc) is 2.70. The maximum atomic E-state index is 12.8. The molecule has 2 aromatic rings. The zero-order valence-electron chi connectivity index (χ0n) is 17.1. The number of nitro benzene ring substituents is 1. The summed E-state index contributed by atoms with van der Waals surface area (Å²) in [6.45, 7) is 2.42. The number of carbonyl (C=O) groups excluding carboxylic acids is 1. The van der Waals surface area contributed by atoms with Crippen LogP contribution in [0.15, 0.2) is 42.5 Å². The summed E-state index contributed by atoms with van der Waals surface area (Å²) < 4.78 is 25.9. The first-order valence-corrected chi connectivity index (χ1v) is 11.6. The number of hydrogen-bond acceptors (Lipinski definition) is 5. The third-order valence-corrected chi connectivity index (χ3v) is 6.42. The number of aryl methyl sites for hydroxylation is 2. The monoisotopic (exact) mass is 431 g/mol. The molecule has 1 aliphatic heterocycles. The molecule has 2 aromatic carbocycles. The standard InChI is InChI=1S/C21H25N3O5S/c1-16-11-12-18(24(26)27)15-20(16)23(30(2,28)29)14-6-10-21(25)22-13-5-8-17-7-3-4-9-19(17)22/h3-4,7,9,11-12,15H,5-6,8,10,13-14H2,1-2H3. The van der Waals surface area contributed by atoms with Crippen molar-refractivity contribution in [2.75, 3.05) is 28.6 Å². The van der Waals surface area contributed by atoms with Gasteiger partial charge >= 0.3 is 0 Å². The zero-order valence-corrected chi connectivity index (χ0v) is 17.9. The van der Waals surface area contributed by atoms with Crippen LogP contribution in [-0.4, -0.2) is 38.6 Å². The van der Waals surface area contributed by atoms with Crippen LogP contribution in [-0.2, 0) is 21.2 Å². The summed E-state index contributed by atoms with van der Waals surface area (Å²) in [6.07, 6.45) is 3.40. The minimum Gasteiger partial charge on any atom is -0.312 e. The Kier molecular flexibility index (Phi) is 6.40. The van der Waals surface area contributed by atoms with Gasteiger partial charge in [-0.2, -0.15) is 0 Å². The van der Waals surface area contributed by atoms with E-state index < -0.39 is 14.9 Å². The molecule has 1 aliphatic rings. The molecule has 0 unspecified atom stereocenters. The number of anilines is 2. The van der Waals surface area contributed by atoms with Crippen LogP contribution >= 0.6 is 0 Å². The first-order chi connectivity index (χ1) is 14.2. The molecular formula is C21H25N3O5S. The Hall–Kier alpha value is -2.94. The molecule has 0 saturated carbocycles. The van der Waals surface area contributed by atoms with Crippen LogP contribution in [0.3, 0.4) is 0 Å². The van der Waals surface area contributed by atoms with Crippen molar-refractivity contribution >= 4 is 33.0 Å². The molecule has 1 heterocycles. The Bertz CT molecular complexity index is 1070. The lowest BCUT2D eigenvalue weighted by molar-refractivity contribution is -0.384. The summed E-state index contributed by atoms with van der Waals surface area (Å²) in [4.78, 5) is 25.1. The third-order valence-electron chi connectivity index (χ3n) is 5.24. The van der Waals surface area contributed by atoms with Gasteiger partial charge in [-0.15, -0.1) is 0 Å². The van der Waals surface area contributed by atoms with Crippen molar-refractivity contribution in [1.29, 1.82) is 0 Å². The lowest BCUT2D eigenvalue weighted by Gasteiger charge is -2.30. The van der Waals surface area contributed by atoms with E-state index in [2.05, 4.69) is 0 Å². The van der Waals surface area contributed by atoms with E-state index in [0.717, 1.165) is 34.7 Å². The Morgan fingerprint density at radius 2 is 1.97 bits per heavy atom. The molecule has 0 aromatic heterocycles. The van der Waals surface area contributed by atoms with Crippen molar-refractivity contribution in [3.63, 3.8) is 0 Å². The summed E-state index contributed by atoms with van der Waals surface area (Å²) in [5.74, 6) is -0.0497. The van der Waals surface area contributed by atoms with Gasteiger partial charge in [0.25, 0.3) is 5.69 Å². The van der Waals surface area contributed by atoms with Gasteiger partial charge in [0.2, 0.25) is 15.9 Å². The molecule has 0 spiro atoms. The van der Waals surface area contributed by atoms with Crippen LogP contribution in [0.4, 0.5) is 17.1 Å².